The molecule has 1 rings (SSSR count). The number of amides is 1. The van der Waals surface area contributed by atoms with Gasteiger partial charge in [-0.05, 0) is 39.8 Å². The number of hydrogen-bond acceptors (Lipinski definition) is 4. The van der Waals surface area contributed by atoms with E-state index < -0.39 is 37.6 Å². The molecular weight excluding hydrogens is 310 g/mol. The van der Waals surface area contributed by atoms with E-state index >= 15 is 0 Å². The summed E-state index contributed by atoms with van der Waals surface area (Å²) >= 11 is 0. The molecule has 132 valence electrons. The summed E-state index contributed by atoms with van der Waals surface area (Å²) in [7, 11) is -1.82. The van der Waals surface area contributed by atoms with Gasteiger partial charge in [-0.15, -0.1) is 5.73 Å². The first-order valence-corrected chi connectivity index (χ1v) is 11.5. The van der Waals surface area contributed by atoms with Gasteiger partial charge in [0.1, 0.15) is 17.4 Å². The Hall–Kier alpha value is -1.07. The van der Waals surface area contributed by atoms with Gasteiger partial charge in [0, 0.05) is 0 Å². The zero-order chi connectivity index (χ0) is 18.2. The molecule has 0 aromatic rings. The molecule has 0 aliphatic carbocycles. The number of nitrogens with zero attached hydrogens (tertiary/aromatic N) is 1. The molecule has 2 atom stereocenters. The summed E-state index contributed by atoms with van der Waals surface area (Å²) in [5.74, 6) is 0. The molecule has 0 unspecified atom stereocenters. The first-order chi connectivity index (χ1) is 10.2. The average Bonchev–Trinajstić information content (AvgIpc) is 2.61. The predicted octanol–water partition coefficient (Wildman–Crippen LogP) is 3.31. The topological polar surface area (TPSA) is 59.0 Å². The molecule has 1 fully saturated rings. The van der Waals surface area contributed by atoms with Crippen molar-refractivity contribution in [2.75, 3.05) is 6.61 Å². The maximum Gasteiger partial charge on any atom is 0.413 e. The fraction of sp³-hybridized carbons (Fsp3) is 0.765. The molecule has 1 aliphatic heterocycles. The Morgan fingerprint density at radius 3 is 2.35 bits per heavy atom. The first kappa shape index (κ1) is 20.0. The van der Waals surface area contributed by atoms with Crippen molar-refractivity contribution in [3.63, 3.8) is 0 Å². The van der Waals surface area contributed by atoms with Gasteiger partial charge in [-0.2, -0.15) is 0 Å². The molecule has 0 bridgehead atoms. The lowest BCUT2D eigenvalue weighted by Crippen LogP contribution is -2.55. The Kier molecular flexibility index (Phi) is 5.59. The summed E-state index contributed by atoms with van der Waals surface area (Å²) in [5.41, 5.74) is 1.45. The highest BCUT2D eigenvalue weighted by molar-refractivity contribution is 6.83. The van der Waals surface area contributed by atoms with Crippen molar-refractivity contribution in [1.29, 1.82) is 0 Å². The van der Waals surface area contributed by atoms with Crippen LogP contribution < -0.4 is 0 Å². The van der Waals surface area contributed by atoms with E-state index in [1.54, 1.807) is 13.8 Å². The van der Waals surface area contributed by atoms with Crippen molar-refractivity contribution in [2.45, 2.75) is 77.7 Å². The Balaban J connectivity index is 3.15. The summed E-state index contributed by atoms with van der Waals surface area (Å²) in [6, 6.07) is -0.504. The number of rotatable bonds is 3. The van der Waals surface area contributed by atoms with Gasteiger partial charge in [-0.3, -0.25) is 4.90 Å². The van der Waals surface area contributed by atoms with Gasteiger partial charge in [-0.25, -0.2) is 4.79 Å². The van der Waals surface area contributed by atoms with Crippen LogP contribution in [0.4, 0.5) is 4.79 Å². The van der Waals surface area contributed by atoms with Gasteiger partial charge in [0.15, 0.2) is 0 Å². The van der Waals surface area contributed by atoms with Crippen molar-refractivity contribution in [2.24, 2.45) is 0 Å². The van der Waals surface area contributed by atoms with E-state index in [-0.39, 0.29) is 6.61 Å². The van der Waals surface area contributed by atoms with E-state index in [1.807, 2.05) is 20.8 Å². The smallest absolute Gasteiger partial charge is 0.413 e. The molecule has 6 heteroatoms. The summed E-state index contributed by atoms with van der Waals surface area (Å²) < 4.78 is 11.2. The van der Waals surface area contributed by atoms with Crippen LogP contribution in [-0.2, 0) is 9.47 Å². The van der Waals surface area contributed by atoms with E-state index in [0.29, 0.717) is 0 Å². The van der Waals surface area contributed by atoms with Crippen molar-refractivity contribution in [3.8, 4) is 0 Å². The summed E-state index contributed by atoms with van der Waals surface area (Å²) in [6.45, 7) is 19.4. The number of aliphatic hydroxyl groups excluding tert-OH is 1. The third-order valence-corrected chi connectivity index (χ3v) is 5.86. The first-order valence-electron chi connectivity index (χ1n) is 7.95. The van der Waals surface area contributed by atoms with Crippen LogP contribution in [0.1, 0.15) is 34.6 Å². The summed E-state index contributed by atoms with van der Waals surface area (Å²) in [6.07, 6.45) is -1.34. The molecule has 1 aliphatic rings. The number of hydrogen-bond donors (Lipinski definition) is 1. The molecule has 1 heterocycles. The van der Waals surface area contributed by atoms with Crippen LogP contribution in [-0.4, -0.2) is 54.3 Å². The van der Waals surface area contributed by atoms with E-state index in [1.165, 1.54) is 4.90 Å². The molecule has 0 spiro atoms. The third-order valence-electron chi connectivity index (χ3n) is 3.77. The van der Waals surface area contributed by atoms with Gasteiger partial charge < -0.3 is 14.6 Å². The number of carbonyl (C=O) groups excluding carboxylic acids is 1. The lowest BCUT2D eigenvalue weighted by atomic mass is 10.1. The van der Waals surface area contributed by atoms with Crippen molar-refractivity contribution in [3.05, 3.63) is 17.5 Å². The lowest BCUT2D eigenvalue weighted by Gasteiger charge is -2.38. The van der Waals surface area contributed by atoms with Crippen molar-refractivity contribution < 1.29 is 19.4 Å². The molecule has 1 saturated heterocycles. The van der Waals surface area contributed by atoms with Crippen LogP contribution in [0.25, 0.3) is 0 Å². The van der Waals surface area contributed by atoms with Gasteiger partial charge in [0.05, 0.1) is 20.7 Å². The maximum absolute atomic E-state index is 12.6. The van der Waals surface area contributed by atoms with E-state index in [4.69, 9.17) is 9.47 Å². The van der Waals surface area contributed by atoms with Gasteiger partial charge >= 0.3 is 6.09 Å². The maximum atomic E-state index is 12.6. The van der Waals surface area contributed by atoms with Crippen molar-refractivity contribution >= 4 is 14.2 Å². The Morgan fingerprint density at radius 2 is 1.96 bits per heavy atom. The van der Waals surface area contributed by atoms with Crippen LogP contribution in [0.3, 0.4) is 0 Å². The molecular formula is C17H31NO4Si. The van der Waals surface area contributed by atoms with Crippen molar-refractivity contribution in [1.82, 2.24) is 4.90 Å². The SMILES string of the molecule is C=C=C([C@@H](O)[C@@H]1COC(C)(C)N1C(=O)OC(C)(C)C)[Si](C)(C)C. The zero-order valence-corrected chi connectivity index (χ0v) is 16.7. The Bertz CT molecular complexity index is 510. The third kappa shape index (κ3) is 4.70. The minimum absolute atomic E-state index is 0.253. The second-order valence-electron chi connectivity index (χ2n) is 8.46. The number of aliphatic hydroxyl groups is 1. The van der Waals surface area contributed by atoms with E-state index in [2.05, 4.69) is 32.0 Å². The molecule has 0 saturated carbocycles. The molecule has 1 amide bonds. The van der Waals surface area contributed by atoms with E-state index in [9.17, 15) is 9.90 Å². The van der Waals surface area contributed by atoms with Crippen LogP contribution in [0.15, 0.2) is 17.5 Å². The summed E-state index contributed by atoms with van der Waals surface area (Å²) in [5, 5.41) is 11.6. The second-order valence-corrected chi connectivity index (χ2v) is 13.5. The van der Waals surface area contributed by atoms with Crippen LogP contribution in [0.2, 0.25) is 19.6 Å². The molecule has 0 aromatic heterocycles. The fourth-order valence-corrected chi connectivity index (χ4v) is 4.35. The van der Waals surface area contributed by atoms with Gasteiger partial charge in [0.25, 0.3) is 0 Å². The lowest BCUT2D eigenvalue weighted by molar-refractivity contribution is -0.0662. The highest BCUT2D eigenvalue weighted by Gasteiger charge is 2.50. The largest absolute Gasteiger partial charge is 0.444 e. The van der Waals surface area contributed by atoms with Crippen LogP contribution in [0.5, 0.6) is 0 Å². The molecule has 1 N–H and O–H groups in total. The normalized spacial score (nSPS) is 22.5. The minimum Gasteiger partial charge on any atom is -0.444 e. The Morgan fingerprint density at radius 1 is 1.43 bits per heavy atom. The highest BCUT2D eigenvalue weighted by Crippen LogP contribution is 2.34. The van der Waals surface area contributed by atoms with Gasteiger partial charge in [0.2, 0.25) is 0 Å². The molecule has 0 aromatic carbocycles. The van der Waals surface area contributed by atoms with Crippen LogP contribution >= 0.6 is 0 Å². The minimum atomic E-state index is -1.82. The summed E-state index contributed by atoms with van der Waals surface area (Å²) in [4.78, 5) is 14.1. The molecule has 23 heavy (non-hydrogen) atoms. The van der Waals surface area contributed by atoms with Gasteiger partial charge in [-0.1, -0.05) is 26.2 Å². The highest BCUT2D eigenvalue weighted by atomic mass is 28.3. The van der Waals surface area contributed by atoms with E-state index in [0.717, 1.165) is 5.20 Å². The Labute approximate surface area is 141 Å². The fourth-order valence-electron chi connectivity index (χ4n) is 2.74. The number of ether oxygens (including phenoxy) is 2. The predicted molar refractivity (Wildman–Crippen MR) is 93.9 cm³/mol. The standard InChI is InChI=1S/C17H31NO4Si/c1-10-13(23(7,8)9)14(19)12-11-21-17(5,6)18(12)15(20)22-16(2,3)4/h12,14,19H,1,11H2,2-9H3/t12-,14-/m0/s1. The number of carbonyl (C=O) groups is 1. The quantitative estimate of drug-likeness (QED) is 0.632. The average molecular weight is 342 g/mol. The molecule has 0 radical (unpaired) electrons. The monoisotopic (exact) mass is 341 g/mol. The zero-order valence-electron chi connectivity index (χ0n) is 15.7. The van der Waals surface area contributed by atoms with Crippen LogP contribution in [0, 0.1) is 0 Å². The second kappa shape index (κ2) is 6.44. The molecule has 5 nitrogen and oxygen atoms in total.